The van der Waals surface area contributed by atoms with E-state index in [4.69, 9.17) is 0 Å². The second kappa shape index (κ2) is 5.67. The Morgan fingerprint density at radius 2 is 2.24 bits per heavy atom. The predicted molar refractivity (Wildman–Crippen MR) is 70.9 cm³/mol. The van der Waals surface area contributed by atoms with Crippen LogP contribution in [0.2, 0.25) is 0 Å². The van der Waals surface area contributed by atoms with E-state index in [1.807, 2.05) is 0 Å². The molecule has 1 unspecified atom stereocenters. The molecule has 0 radical (unpaired) electrons. The summed E-state index contributed by atoms with van der Waals surface area (Å²) in [5.41, 5.74) is 2.53. The van der Waals surface area contributed by atoms with Crippen molar-refractivity contribution in [3.05, 3.63) is 17.5 Å². The maximum atomic E-state index is 4.57. The number of rotatable bonds is 7. The van der Waals surface area contributed by atoms with Gasteiger partial charge in [-0.05, 0) is 50.6 Å². The molecule has 0 spiro atoms. The van der Waals surface area contributed by atoms with Crippen LogP contribution in [0.4, 0.5) is 0 Å². The lowest BCUT2D eigenvalue weighted by molar-refractivity contribution is 0.453. The van der Waals surface area contributed by atoms with Gasteiger partial charge in [-0.1, -0.05) is 13.8 Å². The summed E-state index contributed by atoms with van der Waals surface area (Å²) in [5.74, 6) is 1.82. The van der Waals surface area contributed by atoms with Gasteiger partial charge in [-0.2, -0.15) is 5.10 Å². The summed E-state index contributed by atoms with van der Waals surface area (Å²) >= 11 is 0. The summed E-state index contributed by atoms with van der Waals surface area (Å²) in [5, 5.41) is 8.14. The molecule has 17 heavy (non-hydrogen) atoms. The zero-order chi connectivity index (χ0) is 12.3. The van der Waals surface area contributed by atoms with E-state index >= 15 is 0 Å². The van der Waals surface area contributed by atoms with Gasteiger partial charge in [0.15, 0.2) is 0 Å². The Bertz CT molecular complexity index is 352. The number of aryl methyl sites for hydroxylation is 2. The molecule has 3 heteroatoms. The minimum absolute atomic E-state index is 0.832. The van der Waals surface area contributed by atoms with Gasteiger partial charge in [0.2, 0.25) is 0 Å². The number of hydrogen-bond acceptors (Lipinski definition) is 2. The van der Waals surface area contributed by atoms with Crippen molar-refractivity contribution in [2.24, 2.45) is 11.8 Å². The summed E-state index contributed by atoms with van der Waals surface area (Å²) in [7, 11) is 0. The topological polar surface area (TPSA) is 29.9 Å². The molecule has 0 bridgehead atoms. The molecular formula is C14H25N3. The molecule has 1 saturated carbocycles. The number of nitrogens with zero attached hydrogens (tertiary/aromatic N) is 2. The lowest BCUT2D eigenvalue weighted by Gasteiger charge is -2.11. The average molecular weight is 235 g/mol. The Labute approximate surface area is 105 Å². The van der Waals surface area contributed by atoms with Gasteiger partial charge in [-0.15, -0.1) is 0 Å². The maximum Gasteiger partial charge on any atom is 0.0625 e. The molecule has 2 rings (SSSR count). The summed E-state index contributed by atoms with van der Waals surface area (Å²) in [6, 6.07) is 2.23. The fourth-order valence-corrected chi connectivity index (χ4v) is 2.36. The van der Waals surface area contributed by atoms with Crippen LogP contribution in [0.1, 0.15) is 45.0 Å². The minimum Gasteiger partial charge on any atom is -0.311 e. The molecular weight excluding hydrogens is 210 g/mol. The standard InChI is InChI=1S/C14H25N3/c1-4-13-8-14(17(5-2)16-13)10-15-9-11(3)12-6-7-12/h8,11-12,15H,4-7,9-10H2,1-3H3. The Morgan fingerprint density at radius 1 is 1.47 bits per heavy atom. The SMILES string of the molecule is CCc1cc(CNCC(C)C2CC2)n(CC)n1. The highest BCUT2D eigenvalue weighted by atomic mass is 15.3. The number of hydrogen-bond donors (Lipinski definition) is 1. The van der Waals surface area contributed by atoms with E-state index in [0.717, 1.165) is 37.9 Å². The van der Waals surface area contributed by atoms with Gasteiger partial charge in [-0.25, -0.2) is 0 Å². The van der Waals surface area contributed by atoms with Crippen molar-refractivity contribution in [3.8, 4) is 0 Å². The van der Waals surface area contributed by atoms with Crippen molar-refractivity contribution in [1.29, 1.82) is 0 Å². The lowest BCUT2D eigenvalue weighted by Crippen LogP contribution is -2.23. The molecule has 0 amide bonds. The third-order valence-corrected chi connectivity index (χ3v) is 3.77. The van der Waals surface area contributed by atoms with E-state index in [1.54, 1.807) is 0 Å². The third-order valence-electron chi connectivity index (χ3n) is 3.77. The van der Waals surface area contributed by atoms with Crippen molar-refractivity contribution in [1.82, 2.24) is 15.1 Å². The van der Waals surface area contributed by atoms with Crippen LogP contribution in [0.15, 0.2) is 6.07 Å². The molecule has 1 aliphatic carbocycles. The fraction of sp³-hybridized carbons (Fsp3) is 0.786. The second-order valence-corrected chi connectivity index (χ2v) is 5.24. The Morgan fingerprint density at radius 3 is 2.82 bits per heavy atom. The van der Waals surface area contributed by atoms with Gasteiger partial charge in [0.05, 0.1) is 11.4 Å². The van der Waals surface area contributed by atoms with E-state index in [1.165, 1.54) is 24.2 Å². The van der Waals surface area contributed by atoms with Crippen LogP contribution in [0.3, 0.4) is 0 Å². The monoisotopic (exact) mass is 235 g/mol. The zero-order valence-electron chi connectivity index (χ0n) is 11.4. The van der Waals surface area contributed by atoms with Crippen molar-refractivity contribution < 1.29 is 0 Å². The van der Waals surface area contributed by atoms with Crippen LogP contribution in [-0.2, 0) is 19.5 Å². The lowest BCUT2D eigenvalue weighted by atomic mass is 10.1. The Kier molecular flexibility index (Phi) is 4.21. The predicted octanol–water partition coefficient (Wildman–Crippen LogP) is 2.60. The molecule has 1 heterocycles. The van der Waals surface area contributed by atoms with Gasteiger partial charge >= 0.3 is 0 Å². The first-order valence-electron chi connectivity index (χ1n) is 7.00. The summed E-state index contributed by atoms with van der Waals surface area (Å²) < 4.78 is 2.12. The van der Waals surface area contributed by atoms with E-state index in [0.29, 0.717) is 0 Å². The van der Waals surface area contributed by atoms with Crippen LogP contribution >= 0.6 is 0 Å². The highest BCUT2D eigenvalue weighted by Crippen LogP contribution is 2.36. The molecule has 1 aliphatic rings. The minimum atomic E-state index is 0.832. The molecule has 0 aliphatic heterocycles. The Balaban J connectivity index is 1.82. The van der Waals surface area contributed by atoms with Gasteiger partial charge in [0.25, 0.3) is 0 Å². The average Bonchev–Trinajstić information content (AvgIpc) is 3.11. The van der Waals surface area contributed by atoms with Crippen LogP contribution in [0, 0.1) is 11.8 Å². The van der Waals surface area contributed by atoms with Gasteiger partial charge in [-0.3, -0.25) is 4.68 Å². The number of aromatic nitrogens is 2. The third kappa shape index (κ3) is 3.32. The quantitative estimate of drug-likeness (QED) is 0.787. The van der Waals surface area contributed by atoms with Crippen molar-refractivity contribution >= 4 is 0 Å². The molecule has 1 N–H and O–H groups in total. The molecule has 1 atom stereocenters. The molecule has 1 fully saturated rings. The largest absolute Gasteiger partial charge is 0.311 e. The molecule has 96 valence electrons. The summed E-state index contributed by atoms with van der Waals surface area (Å²) in [4.78, 5) is 0. The zero-order valence-corrected chi connectivity index (χ0v) is 11.4. The molecule has 0 saturated heterocycles. The highest BCUT2D eigenvalue weighted by molar-refractivity contribution is 5.10. The molecule has 1 aromatic rings. The van der Waals surface area contributed by atoms with Crippen LogP contribution in [0.25, 0.3) is 0 Å². The molecule has 3 nitrogen and oxygen atoms in total. The second-order valence-electron chi connectivity index (χ2n) is 5.24. The highest BCUT2D eigenvalue weighted by Gasteiger charge is 2.27. The van der Waals surface area contributed by atoms with Gasteiger partial charge < -0.3 is 5.32 Å². The number of nitrogens with one attached hydrogen (secondary N) is 1. The molecule has 0 aromatic carbocycles. The van der Waals surface area contributed by atoms with E-state index < -0.39 is 0 Å². The Hall–Kier alpha value is -0.830. The summed E-state index contributed by atoms with van der Waals surface area (Å²) in [6.07, 6.45) is 3.91. The van der Waals surface area contributed by atoms with Crippen LogP contribution in [-0.4, -0.2) is 16.3 Å². The first-order valence-corrected chi connectivity index (χ1v) is 7.00. The maximum absolute atomic E-state index is 4.57. The van der Waals surface area contributed by atoms with Crippen molar-refractivity contribution in [2.75, 3.05) is 6.54 Å². The van der Waals surface area contributed by atoms with Crippen LogP contribution in [0.5, 0.6) is 0 Å². The van der Waals surface area contributed by atoms with Gasteiger partial charge in [0, 0.05) is 13.1 Å². The van der Waals surface area contributed by atoms with E-state index in [2.05, 4.69) is 41.9 Å². The van der Waals surface area contributed by atoms with Gasteiger partial charge in [0.1, 0.15) is 0 Å². The van der Waals surface area contributed by atoms with Crippen molar-refractivity contribution in [3.63, 3.8) is 0 Å². The van der Waals surface area contributed by atoms with E-state index in [9.17, 15) is 0 Å². The fourth-order valence-electron chi connectivity index (χ4n) is 2.36. The van der Waals surface area contributed by atoms with Crippen molar-refractivity contribution in [2.45, 2.75) is 53.1 Å². The first-order chi connectivity index (χ1) is 8.24. The summed E-state index contributed by atoms with van der Waals surface area (Å²) in [6.45, 7) is 9.74. The molecule has 1 aromatic heterocycles. The van der Waals surface area contributed by atoms with Crippen LogP contribution < -0.4 is 5.32 Å². The smallest absolute Gasteiger partial charge is 0.0625 e. The normalized spacial score (nSPS) is 17.4. The first kappa shape index (κ1) is 12.6. The van der Waals surface area contributed by atoms with E-state index in [-0.39, 0.29) is 0 Å².